The van der Waals surface area contributed by atoms with E-state index < -0.39 is 0 Å². The molecule has 86 valence electrons. The average Bonchev–Trinajstić information content (AvgIpc) is 3.10. The lowest BCUT2D eigenvalue weighted by Gasteiger charge is -2.06. The Labute approximate surface area is 101 Å². The quantitative estimate of drug-likeness (QED) is 0.818. The van der Waals surface area contributed by atoms with Gasteiger partial charge in [0.15, 0.2) is 0 Å². The highest BCUT2D eigenvalue weighted by molar-refractivity contribution is 6.29. The van der Waals surface area contributed by atoms with Gasteiger partial charge in [0.05, 0.1) is 0 Å². The van der Waals surface area contributed by atoms with Crippen LogP contribution in [0.2, 0.25) is 5.15 Å². The van der Waals surface area contributed by atoms with Crippen molar-refractivity contribution >= 4 is 17.4 Å². The molecule has 2 unspecified atom stereocenters. The molecule has 2 atom stereocenters. The van der Waals surface area contributed by atoms with E-state index in [9.17, 15) is 0 Å². The van der Waals surface area contributed by atoms with E-state index in [1.165, 1.54) is 19.3 Å². The van der Waals surface area contributed by atoms with E-state index in [2.05, 4.69) is 22.2 Å². The van der Waals surface area contributed by atoms with Crippen molar-refractivity contribution in [2.75, 3.05) is 11.9 Å². The molecule has 0 bridgehead atoms. The number of aromatic nitrogens is 2. The van der Waals surface area contributed by atoms with Gasteiger partial charge < -0.3 is 5.32 Å². The van der Waals surface area contributed by atoms with Gasteiger partial charge in [-0.2, -0.15) is 0 Å². The average molecular weight is 238 g/mol. The summed E-state index contributed by atoms with van der Waals surface area (Å²) in [5, 5.41) is 3.92. The van der Waals surface area contributed by atoms with Gasteiger partial charge in [-0.15, -0.1) is 0 Å². The Hall–Kier alpha value is -0.830. The second-order valence-corrected chi connectivity index (χ2v) is 5.45. The van der Waals surface area contributed by atoms with Crippen molar-refractivity contribution in [3.63, 3.8) is 0 Å². The lowest BCUT2D eigenvalue weighted by Crippen LogP contribution is -2.07. The highest BCUT2D eigenvalue weighted by Gasteiger charge is 2.32. The molecule has 1 aromatic heterocycles. The third-order valence-corrected chi connectivity index (χ3v) is 3.67. The minimum atomic E-state index is 0.555. The van der Waals surface area contributed by atoms with Crippen LogP contribution in [-0.4, -0.2) is 16.5 Å². The van der Waals surface area contributed by atoms with Gasteiger partial charge in [0.2, 0.25) is 0 Å². The molecular formula is C12H16ClN3. The van der Waals surface area contributed by atoms with E-state index in [-0.39, 0.29) is 0 Å². The van der Waals surface area contributed by atoms with Gasteiger partial charge in [-0.25, -0.2) is 9.97 Å². The maximum absolute atomic E-state index is 5.99. The van der Waals surface area contributed by atoms with Crippen LogP contribution in [0.3, 0.4) is 0 Å². The Morgan fingerprint density at radius 2 is 2.19 bits per heavy atom. The molecule has 2 fully saturated rings. The minimum absolute atomic E-state index is 0.555. The van der Waals surface area contributed by atoms with Gasteiger partial charge in [-0.05, 0) is 31.1 Å². The van der Waals surface area contributed by atoms with Crippen molar-refractivity contribution in [2.45, 2.75) is 32.1 Å². The van der Waals surface area contributed by atoms with Crippen LogP contribution >= 0.6 is 11.6 Å². The highest BCUT2D eigenvalue weighted by atomic mass is 35.5. The van der Waals surface area contributed by atoms with Crippen molar-refractivity contribution in [3.05, 3.63) is 17.0 Å². The summed E-state index contributed by atoms with van der Waals surface area (Å²) in [6.45, 7) is 3.30. The minimum Gasteiger partial charge on any atom is -0.370 e. The van der Waals surface area contributed by atoms with Gasteiger partial charge in [-0.3, -0.25) is 0 Å². The van der Waals surface area contributed by atoms with Gasteiger partial charge in [-0.1, -0.05) is 18.5 Å². The SMILES string of the molecule is CC1CC1CNc1cc(Cl)nc(C2CC2)n1. The van der Waals surface area contributed by atoms with E-state index in [0.717, 1.165) is 30.0 Å². The molecule has 1 aromatic rings. The van der Waals surface area contributed by atoms with Gasteiger partial charge in [0.25, 0.3) is 0 Å². The van der Waals surface area contributed by atoms with Gasteiger partial charge in [0, 0.05) is 18.5 Å². The standard InChI is InChI=1S/C12H16ClN3/c1-7-4-9(7)6-14-11-5-10(13)15-12(16-11)8-2-3-8/h5,7-9H,2-4,6H2,1H3,(H,14,15,16). The van der Waals surface area contributed by atoms with E-state index in [4.69, 9.17) is 11.6 Å². The Bertz CT molecular complexity index is 403. The summed E-state index contributed by atoms with van der Waals surface area (Å²) >= 11 is 5.99. The van der Waals surface area contributed by atoms with Gasteiger partial charge >= 0.3 is 0 Å². The molecule has 2 aliphatic carbocycles. The third-order valence-electron chi connectivity index (χ3n) is 3.48. The van der Waals surface area contributed by atoms with E-state index in [1.807, 2.05) is 6.07 Å². The lowest BCUT2D eigenvalue weighted by atomic mass is 10.3. The number of nitrogens with one attached hydrogen (secondary N) is 1. The number of nitrogens with zero attached hydrogens (tertiary/aromatic N) is 2. The van der Waals surface area contributed by atoms with E-state index in [1.54, 1.807) is 0 Å². The molecule has 3 rings (SSSR count). The fraction of sp³-hybridized carbons (Fsp3) is 0.667. The largest absolute Gasteiger partial charge is 0.370 e. The lowest BCUT2D eigenvalue weighted by molar-refractivity contribution is 0.781. The summed E-state index contributed by atoms with van der Waals surface area (Å²) in [7, 11) is 0. The summed E-state index contributed by atoms with van der Waals surface area (Å²) in [4.78, 5) is 8.78. The summed E-state index contributed by atoms with van der Waals surface area (Å²) in [5.74, 6) is 4.05. The van der Waals surface area contributed by atoms with Crippen LogP contribution in [0.5, 0.6) is 0 Å². The van der Waals surface area contributed by atoms with Crippen molar-refractivity contribution in [1.82, 2.24) is 9.97 Å². The summed E-state index contributed by atoms with van der Waals surface area (Å²) in [5.41, 5.74) is 0. The van der Waals surface area contributed by atoms with Crippen LogP contribution in [0.15, 0.2) is 6.07 Å². The fourth-order valence-electron chi connectivity index (χ4n) is 1.97. The van der Waals surface area contributed by atoms with Crippen LogP contribution in [0.25, 0.3) is 0 Å². The molecule has 4 heteroatoms. The molecule has 0 radical (unpaired) electrons. The maximum Gasteiger partial charge on any atom is 0.135 e. The Morgan fingerprint density at radius 3 is 2.81 bits per heavy atom. The molecule has 0 amide bonds. The Morgan fingerprint density at radius 1 is 1.44 bits per heavy atom. The third kappa shape index (κ3) is 2.29. The maximum atomic E-state index is 5.99. The monoisotopic (exact) mass is 237 g/mol. The predicted octanol–water partition coefficient (Wildman–Crippen LogP) is 3.08. The molecule has 1 N–H and O–H groups in total. The Kier molecular flexibility index (Phi) is 2.51. The first-order valence-electron chi connectivity index (χ1n) is 6.00. The second kappa shape index (κ2) is 3.88. The van der Waals surface area contributed by atoms with Crippen LogP contribution in [0.1, 0.15) is 37.9 Å². The molecule has 16 heavy (non-hydrogen) atoms. The molecule has 2 aliphatic rings. The van der Waals surface area contributed by atoms with Crippen molar-refractivity contribution < 1.29 is 0 Å². The molecule has 2 saturated carbocycles. The molecule has 0 saturated heterocycles. The summed E-state index contributed by atoms with van der Waals surface area (Å²) < 4.78 is 0. The summed E-state index contributed by atoms with van der Waals surface area (Å²) in [6.07, 6.45) is 3.75. The van der Waals surface area contributed by atoms with E-state index in [0.29, 0.717) is 11.1 Å². The zero-order valence-corrected chi connectivity index (χ0v) is 10.2. The van der Waals surface area contributed by atoms with Crippen LogP contribution in [0, 0.1) is 11.8 Å². The molecule has 3 nitrogen and oxygen atoms in total. The van der Waals surface area contributed by atoms with Crippen LogP contribution < -0.4 is 5.32 Å². The number of hydrogen-bond acceptors (Lipinski definition) is 3. The zero-order valence-electron chi connectivity index (χ0n) is 9.41. The van der Waals surface area contributed by atoms with Crippen molar-refractivity contribution in [2.24, 2.45) is 11.8 Å². The second-order valence-electron chi connectivity index (χ2n) is 5.06. The van der Waals surface area contributed by atoms with Crippen LogP contribution in [-0.2, 0) is 0 Å². The van der Waals surface area contributed by atoms with Gasteiger partial charge in [0.1, 0.15) is 16.8 Å². The topological polar surface area (TPSA) is 37.8 Å². The summed E-state index contributed by atoms with van der Waals surface area (Å²) in [6, 6.07) is 1.82. The predicted molar refractivity (Wildman–Crippen MR) is 64.8 cm³/mol. The number of hydrogen-bond donors (Lipinski definition) is 1. The molecular weight excluding hydrogens is 222 g/mol. The molecule has 0 aliphatic heterocycles. The smallest absolute Gasteiger partial charge is 0.135 e. The first-order valence-corrected chi connectivity index (χ1v) is 6.38. The highest BCUT2D eigenvalue weighted by Crippen LogP contribution is 2.39. The molecule has 0 spiro atoms. The molecule has 0 aromatic carbocycles. The number of rotatable bonds is 4. The molecule has 1 heterocycles. The van der Waals surface area contributed by atoms with Crippen molar-refractivity contribution in [3.8, 4) is 0 Å². The normalized spacial score (nSPS) is 27.9. The zero-order chi connectivity index (χ0) is 11.1. The first kappa shape index (κ1) is 10.3. The Balaban J connectivity index is 1.68. The van der Waals surface area contributed by atoms with Crippen LogP contribution in [0.4, 0.5) is 5.82 Å². The first-order chi connectivity index (χ1) is 7.72. The number of halogens is 1. The number of anilines is 1. The fourth-order valence-corrected chi connectivity index (χ4v) is 2.16. The van der Waals surface area contributed by atoms with Crippen molar-refractivity contribution in [1.29, 1.82) is 0 Å². The van der Waals surface area contributed by atoms with E-state index >= 15 is 0 Å².